The van der Waals surface area contributed by atoms with Crippen molar-refractivity contribution in [3.8, 4) is 0 Å². The van der Waals surface area contributed by atoms with E-state index in [4.69, 9.17) is 0 Å². The second-order valence-corrected chi connectivity index (χ2v) is 5.30. The van der Waals surface area contributed by atoms with Gasteiger partial charge in [0.05, 0.1) is 5.41 Å². The van der Waals surface area contributed by atoms with E-state index in [2.05, 4.69) is 0 Å². The van der Waals surface area contributed by atoms with Crippen molar-refractivity contribution in [2.24, 2.45) is 5.41 Å². The lowest BCUT2D eigenvalue weighted by molar-refractivity contribution is -0.148. The van der Waals surface area contributed by atoms with Gasteiger partial charge in [-0.2, -0.15) is 0 Å². The minimum Gasteiger partial charge on any atom is -0.481 e. The van der Waals surface area contributed by atoms with Crippen LogP contribution < -0.4 is 0 Å². The normalized spacial score (nSPS) is 21.9. The third-order valence-electron chi connectivity index (χ3n) is 4.11. The van der Waals surface area contributed by atoms with Crippen molar-refractivity contribution in [1.29, 1.82) is 0 Å². The Labute approximate surface area is 122 Å². The average molecular weight is 291 g/mol. The summed E-state index contributed by atoms with van der Waals surface area (Å²) in [7, 11) is 0. The Morgan fingerprint density at radius 2 is 2.14 bits per heavy atom. The number of carboxylic acids is 1. The molecule has 0 radical (unpaired) electrons. The number of aliphatic carboxylic acids is 1. The van der Waals surface area contributed by atoms with Gasteiger partial charge in [0.25, 0.3) is 0 Å². The third kappa shape index (κ3) is 3.12. The molecule has 1 N–H and O–H groups in total. The molecule has 0 spiro atoms. The monoisotopic (exact) mass is 291 g/mol. The Kier molecular flexibility index (Phi) is 4.40. The van der Waals surface area contributed by atoms with Crippen LogP contribution in [0.2, 0.25) is 0 Å². The van der Waals surface area contributed by atoms with Gasteiger partial charge in [0, 0.05) is 24.7 Å². The number of hydrogen-bond donors (Lipinski definition) is 1. The highest BCUT2D eigenvalue weighted by Gasteiger charge is 2.44. The van der Waals surface area contributed by atoms with Gasteiger partial charge in [0.15, 0.2) is 0 Å². The molecular weight excluding hydrogens is 273 g/mol. The standard InChI is InChI=1S/C16H18FNO3/c1-2-16(15(20)21)9-10-18(11-16)14(19)8-7-12-5-3-4-6-13(12)17/h3-8H,2,9-11H2,1H3,(H,20,21). The van der Waals surface area contributed by atoms with Gasteiger partial charge in [-0.3, -0.25) is 9.59 Å². The lowest BCUT2D eigenvalue weighted by Gasteiger charge is -2.22. The van der Waals surface area contributed by atoms with E-state index < -0.39 is 17.2 Å². The van der Waals surface area contributed by atoms with Crippen LogP contribution >= 0.6 is 0 Å². The molecular formula is C16H18FNO3. The number of carboxylic acid groups (broad SMARTS) is 1. The zero-order valence-corrected chi connectivity index (χ0v) is 11.9. The number of hydrogen-bond acceptors (Lipinski definition) is 2. The summed E-state index contributed by atoms with van der Waals surface area (Å²) in [5.74, 6) is -1.54. The Bertz CT molecular complexity index is 585. The molecule has 1 aromatic rings. The van der Waals surface area contributed by atoms with Crippen LogP contribution in [0.3, 0.4) is 0 Å². The van der Waals surface area contributed by atoms with Gasteiger partial charge < -0.3 is 10.0 Å². The minimum absolute atomic E-state index is 0.208. The molecule has 1 amide bonds. The summed E-state index contributed by atoms with van der Waals surface area (Å²) in [6.45, 7) is 2.44. The molecule has 1 aliphatic heterocycles. The van der Waals surface area contributed by atoms with E-state index in [1.165, 1.54) is 23.1 Å². The number of halogens is 1. The number of carbonyl (C=O) groups is 2. The average Bonchev–Trinajstić information content (AvgIpc) is 2.92. The number of likely N-dealkylation sites (tertiary alicyclic amines) is 1. The lowest BCUT2D eigenvalue weighted by atomic mass is 9.84. The van der Waals surface area contributed by atoms with E-state index in [1.54, 1.807) is 18.2 Å². The molecule has 0 aromatic heterocycles. The number of carbonyl (C=O) groups excluding carboxylic acids is 1. The van der Waals surface area contributed by atoms with E-state index in [0.717, 1.165) is 0 Å². The van der Waals surface area contributed by atoms with E-state index in [9.17, 15) is 19.1 Å². The molecule has 21 heavy (non-hydrogen) atoms. The van der Waals surface area contributed by atoms with E-state index in [-0.39, 0.29) is 12.5 Å². The van der Waals surface area contributed by atoms with Gasteiger partial charge in [-0.05, 0) is 25.0 Å². The molecule has 1 unspecified atom stereocenters. The molecule has 2 rings (SSSR count). The van der Waals surface area contributed by atoms with Gasteiger partial charge in [-0.1, -0.05) is 25.1 Å². The van der Waals surface area contributed by atoms with Gasteiger partial charge in [0.1, 0.15) is 5.82 Å². The fourth-order valence-electron chi connectivity index (χ4n) is 2.55. The second kappa shape index (κ2) is 6.08. The van der Waals surface area contributed by atoms with Gasteiger partial charge in [-0.15, -0.1) is 0 Å². The van der Waals surface area contributed by atoms with Gasteiger partial charge in [-0.25, -0.2) is 4.39 Å². The zero-order valence-electron chi connectivity index (χ0n) is 11.9. The largest absolute Gasteiger partial charge is 0.481 e. The van der Waals surface area contributed by atoms with E-state index in [1.807, 2.05) is 6.92 Å². The molecule has 112 valence electrons. The predicted octanol–water partition coefficient (Wildman–Crippen LogP) is 2.55. The maximum absolute atomic E-state index is 13.4. The minimum atomic E-state index is -0.863. The van der Waals surface area contributed by atoms with Crippen LogP contribution in [-0.4, -0.2) is 35.0 Å². The van der Waals surface area contributed by atoms with Gasteiger partial charge >= 0.3 is 5.97 Å². The summed E-state index contributed by atoms with van der Waals surface area (Å²) in [4.78, 5) is 24.9. The van der Waals surface area contributed by atoms with Crippen molar-refractivity contribution in [3.63, 3.8) is 0 Å². The summed E-state index contributed by atoms with van der Waals surface area (Å²) < 4.78 is 13.4. The highest BCUT2D eigenvalue weighted by atomic mass is 19.1. The molecule has 1 atom stereocenters. The first kappa shape index (κ1) is 15.2. The molecule has 1 saturated heterocycles. The molecule has 1 heterocycles. The van der Waals surface area contributed by atoms with Crippen molar-refractivity contribution in [2.75, 3.05) is 13.1 Å². The quantitative estimate of drug-likeness (QED) is 0.867. The van der Waals surface area contributed by atoms with Crippen molar-refractivity contribution >= 4 is 18.0 Å². The fourth-order valence-corrected chi connectivity index (χ4v) is 2.55. The van der Waals surface area contributed by atoms with Crippen molar-refractivity contribution in [3.05, 3.63) is 41.7 Å². The van der Waals surface area contributed by atoms with Crippen LogP contribution in [0.5, 0.6) is 0 Å². The maximum Gasteiger partial charge on any atom is 0.311 e. The first-order valence-corrected chi connectivity index (χ1v) is 6.93. The Morgan fingerprint density at radius 3 is 2.71 bits per heavy atom. The molecule has 1 aliphatic rings. The SMILES string of the molecule is CCC1(C(=O)O)CCN(C(=O)C=Cc2ccccc2F)C1. The topological polar surface area (TPSA) is 57.6 Å². The predicted molar refractivity (Wildman–Crippen MR) is 77.0 cm³/mol. The number of rotatable bonds is 4. The molecule has 1 fully saturated rings. The molecule has 0 bridgehead atoms. The Morgan fingerprint density at radius 1 is 1.43 bits per heavy atom. The number of amides is 1. The molecule has 1 aromatic carbocycles. The highest BCUT2D eigenvalue weighted by molar-refractivity contribution is 5.92. The smallest absolute Gasteiger partial charge is 0.311 e. The zero-order chi connectivity index (χ0) is 15.5. The number of benzene rings is 1. The first-order chi connectivity index (χ1) is 9.98. The third-order valence-corrected chi connectivity index (χ3v) is 4.11. The van der Waals surface area contributed by atoms with Crippen LogP contribution in [0.15, 0.2) is 30.3 Å². The summed E-state index contributed by atoms with van der Waals surface area (Å²) in [6.07, 6.45) is 3.66. The second-order valence-electron chi connectivity index (χ2n) is 5.30. The van der Waals surface area contributed by atoms with Crippen LogP contribution in [0.4, 0.5) is 4.39 Å². The van der Waals surface area contributed by atoms with Crippen molar-refractivity contribution in [1.82, 2.24) is 4.90 Å². The van der Waals surface area contributed by atoms with Crippen LogP contribution in [0.25, 0.3) is 6.08 Å². The summed E-state index contributed by atoms with van der Waals surface area (Å²) in [6, 6.07) is 6.18. The van der Waals surface area contributed by atoms with Crippen LogP contribution in [0, 0.1) is 11.2 Å². The molecule has 4 nitrogen and oxygen atoms in total. The Balaban J connectivity index is 2.06. The van der Waals surface area contributed by atoms with Crippen LogP contribution in [-0.2, 0) is 9.59 Å². The number of nitrogens with zero attached hydrogens (tertiary/aromatic N) is 1. The highest BCUT2D eigenvalue weighted by Crippen LogP contribution is 2.34. The van der Waals surface area contributed by atoms with Crippen molar-refractivity contribution in [2.45, 2.75) is 19.8 Å². The molecule has 0 saturated carbocycles. The summed E-state index contributed by atoms with van der Waals surface area (Å²) >= 11 is 0. The summed E-state index contributed by atoms with van der Waals surface area (Å²) in [5.41, 5.74) is -0.508. The van der Waals surface area contributed by atoms with E-state index >= 15 is 0 Å². The fraction of sp³-hybridized carbons (Fsp3) is 0.375. The lowest BCUT2D eigenvalue weighted by Crippen LogP contribution is -2.35. The summed E-state index contributed by atoms with van der Waals surface area (Å²) in [5, 5.41) is 9.30. The molecule has 0 aliphatic carbocycles. The Hall–Kier alpha value is -2.17. The van der Waals surface area contributed by atoms with Crippen molar-refractivity contribution < 1.29 is 19.1 Å². The maximum atomic E-state index is 13.4. The van der Waals surface area contributed by atoms with Gasteiger partial charge in [0.2, 0.25) is 5.91 Å². The van der Waals surface area contributed by atoms with Crippen LogP contribution in [0.1, 0.15) is 25.3 Å². The van der Waals surface area contributed by atoms with E-state index in [0.29, 0.717) is 24.9 Å². The first-order valence-electron chi connectivity index (χ1n) is 6.93. The molecule has 5 heteroatoms.